The third-order valence-electron chi connectivity index (χ3n) is 3.48. The Bertz CT molecular complexity index is 607. The Labute approximate surface area is 154 Å². The number of nitrogens with two attached hydrogens (primary N) is 2. The maximum absolute atomic E-state index is 11.6. The fraction of sp³-hybridized carbons (Fsp3) is 0.333. The molecule has 0 aromatic heterocycles. The molecule has 0 aliphatic rings. The van der Waals surface area contributed by atoms with E-state index in [1.54, 1.807) is 24.3 Å². The van der Waals surface area contributed by atoms with E-state index in [1.807, 2.05) is 24.3 Å². The highest BCUT2D eigenvalue weighted by molar-refractivity contribution is 7.33. The number of ether oxygens (including phenoxy) is 2. The van der Waals surface area contributed by atoms with Crippen molar-refractivity contribution in [3.8, 4) is 11.5 Å². The minimum Gasteiger partial charge on any atom is -0.463 e. The maximum Gasteiger partial charge on any atom is 0.704 e. The van der Waals surface area contributed by atoms with E-state index in [1.165, 1.54) is 0 Å². The summed E-state index contributed by atoms with van der Waals surface area (Å²) < 4.78 is 32.2. The van der Waals surface area contributed by atoms with Gasteiger partial charge in [0.15, 0.2) is 0 Å². The quantitative estimate of drug-likeness (QED) is 0.431. The molecule has 4 N–H and O–H groups in total. The van der Waals surface area contributed by atoms with Crippen molar-refractivity contribution in [1.29, 1.82) is 0 Å². The fourth-order valence-electron chi connectivity index (χ4n) is 2.15. The molecule has 8 heteroatoms. The van der Waals surface area contributed by atoms with E-state index in [2.05, 4.69) is 0 Å². The standard InChI is InChI=1S/C18H24N2O5P/c19-11-9-15-1-5-17(6-2-15)22-13-24-26(21)25-14-23-18-7-3-16(4-8-18)10-12-20/h1-8H,9-14,19-20H2/q+1. The predicted molar refractivity (Wildman–Crippen MR) is 99.2 cm³/mol. The first kappa shape index (κ1) is 20.3. The number of hydrogen-bond acceptors (Lipinski definition) is 7. The van der Waals surface area contributed by atoms with E-state index in [0.29, 0.717) is 24.6 Å². The van der Waals surface area contributed by atoms with Crippen LogP contribution in [0.25, 0.3) is 0 Å². The zero-order valence-electron chi connectivity index (χ0n) is 14.5. The molecule has 0 saturated heterocycles. The number of rotatable bonds is 12. The lowest BCUT2D eigenvalue weighted by atomic mass is 10.1. The van der Waals surface area contributed by atoms with Crippen LogP contribution in [-0.2, 0) is 26.5 Å². The van der Waals surface area contributed by atoms with Gasteiger partial charge in [-0.25, -0.2) is 0 Å². The molecule has 0 unspecified atom stereocenters. The monoisotopic (exact) mass is 379 g/mol. The van der Waals surface area contributed by atoms with Gasteiger partial charge in [-0.05, 0) is 61.3 Å². The SMILES string of the molecule is NCCc1ccc(OCO[P+](=O)OCOc2ccc(CCN)cc2)cc1. The third-order valence-corrected chi connectivity index (χ3v) is 4.11. The summed E-state index contributed by atoms with van der Waals surface area (Å²) in [5.41, 5.74) is 13.2. The van der Waals surface area contributed by atoms with Gasteiger partial charge in [-0.1, -0.05) is 33.3 Å². The van der Waals surface area contributed by atoms with Crippen LogP contribution in [0.5, 0.6) is 11.5 Å². The Morgan fingerprint density at radius 3 is 1.42 bits per heavy atom. The van der Waals surface area contributed by atoms with Gasteiger partial charge in [0.05, 0.1) is 0 Å². The van der Waals surface area contributed by atoms with Gasteiger partial charge < -0.3 is 20.9 Å². The molecule has 0 fully saturated rings. The Morgan fingerprint density at radius 1 is 0.692 bits per heavy atom. The van der Waals surface area contributed by atoms with Crippen molar-refractivity contribution in [1.82, 2.24) is 0 Å². The summed E-state index contributed by atoms with van der Waals surface area (Å²) in [5.74, 6) is 1.23. The first-order valence-corrected chi connectivity index (χ1v) is 9.37. The average molecular weight is 379 g/mol. The zero-order valence-corrected chi connectivity index (χ0v) is 15.4. The fourth-order valence-corrected chi connectivity index (χ4v) is 2.50. The van der Waals surface area contributed by atoms with Gasteiger partial charge in [0.1, 0.15) is 11.5 Å². The van der Waals surface area contributed by atoms with Gasteiger partial charge in [-0.3, -0.25) is 0 Å². The molecule has 0 heterocycles. The molecule has 26 heavy (non-hydrogen) atoms. The Hall–Kier alpha value is -2.02. The first-order valence-electron chi connectivity index (χ1n) is 8.28. The zero-order chi connectivity index (χ0) is 18.6. The second kappa shape index (κ2) is 11.6. The summed E-state index contributed by atoms with van der Waals surface area (Å²) in [7, 11) is -2.33. The van der Waals surface area contributed by atoms with Crippen molar-refractivity contribution in [3.63, 3.8) is 0 Å². The van der Waals surface area contributed by atoms with Crippen LogP contribution in [0.2, 0.25) is 0 Å². The molecule has 0 spiro atoms. The minimum atomic E-state index is -2.33. The summed E-state index contributed by atoms with van der Waals surface area (Å²) >= 11 is 0. The van der Waals surface area contributed by atoms with Gasteiger partial charge in [-0.2, -0.15) is 0 Å². The molecule has 0 bridgehead atoms. The van der Waals surface area contributed by atoms with Crippen LogP contribution in [0.4, 0.5) is 0 Å². The van der Waals surface area contributed by atoms with E-state index < -0.39 is 8.25 Å². The minimum absolute atomic E-state index is 0.181. The van der Waals surface area contributed by atoms with Crippen LogP contribution >= 0.6 is 8.25 Å². The van der Waals surface area contributed by atoms with Gasteiger partial charge in [-0.15, -0.1) is 0 Å². The van der Waals surface area contributed by atoms with Gasteiger partial charge in [0.2, 0.25) is 13.6 Å². The normalized spacial score (nSPS) is 10.5. The van der Waals surface area contributed by atoms with Crippen LogP contribution in [0, 0.1) is 0 Å². The second-order valence-corrected chi connectivity index (χ2v) is 6.34. The lowest BCUT2D eigenvalue weighted by molar-refractivity contribution is 0.0697. The highest BCUT2D eigenvalue weighted by Gasteiger charge is 2.21. The molecule has 2 rings (SSSR count). The molecule has 0 aliphatic carbocycles. The molecule has 7 nitrogen and oxygen atoms in total. The summed E-state index contributed by atoms with van der Waals surface area (Å²) in [6.07, 6.45) is 1.62. The molecule has 140 valence electrons. The topological polar surface area (TPSA) is 106 Å². The van der Waals surface area contributed by atoms with Crippen molar-refractivity contribution in [3.05, 3.63) is 59.7 Å². The second-order valence-electron chi connectivity index (χ2n) is 5.37. The lowest BCUT2D eigenvalue weighted by Gasteiger charge is -2.04. The van der Waals surface area contributed by atoms with Crippen LogP contribution in [0.15, 0.2) is 48.5 Å². The van der Waals surface area contributed by atoms with Crippen LogP contribution in [0.3, 0.4) is 0 Å². The molecule has 2 aromatic rings. The third kappa shape index (κ3) is 7.47. The van der Waals surface area contributed by atoms with E-state index >= 15 is 0 Å². The summed E-state index contributed by atoms with van der Waals surface area (Å²) in [6, 6.07) is 14.9. The van der Waals surface area contributed by atoms with Crippen molar-refractivity contribution < 1.29 is 23.1 Å². The number of hydrogen-bond donors (Lipinski definition) is 2. The molecular weight excluding hydrogens is 355 g/mol. The Morgan fingerprint density at radius 2 is 1.08 bits per heavy atom. The molecule has 2 aromatic carbocycles. The van der Waals surface area contributed by atoms with Crippen molar-refractivity contribution in [2.75, 3.05) is 26.7 Å². The Balaban J connectivity index is 1.61. The molecule has 0 radical (unpaired) electrons. The largest absolute Gasteiger partial charge is 0.704 e. The summed E-state index contributed by atoms with van der Waals surface area (Å²) in [5, 5.41) is 0. The average Bonchev–Trinajstić information content (AvgIpc) is 2.65. The van der Waals surface area contributed by atoms with Crippen LogP contribution in [0.1, 0.15) is 11.1 Å². The number of benzene rings is 2. The molecule has 0 amide bonds. The van der Waals surface area contributed by atoms with E-state index in [-0.39, 0.29) is 13.6 Å². The van der Waals surface area contributed by atoms with Crippen LogP contribution in [-0.4, -0.2) is 26.7 Å². The van der Waals surface area contributed by atoms with Crippen molar-refractivity contribution >= 4 is 8.25 Å². The highest BCUT2D eigenvalue weighted by atomic mass is 31.1. The van der Waals surface area contributed by atoms with Crippen LogP contribution < -0.4 is 20.9 Å². The molecule has 0 atom stereocenters. The summed E-state index contributed by atoms with van der Waals surface area (Å²) in [4.78, 5) is 0. The molecule has 0 aliphatic heterocycles. The van der Waals surface area contributed by atoms with Gasteiger partial charge in [0.25, 0.3) is 0 Å². The Kier molecular flexibility index (Phi) is 9.03. The van der Waals surface area contributed by atoms with E-state index in [4.69, 9.17) is 30.0 Å². The maximum atomic E-state index is 11.6. The van der Waals surface area contributed by atoms with Gasteiger partial charge >= 0.3 is 8.25 Å². The van der Waals surface area contributed by atoms with E-state index in [9.17, 15) is 4.57 Å². The van der Waals surface area contributed by atoms with Gasteiger partial charge in [0, 0.05) is 4.57 Å². The molecular formula is C18H24N2O5P+. The van der Waals surface area contributed by atoms with Crippen molar-refractivity contribution in [2.45, 2.75) is 12.8 Å². The van der Waals surface area contributed by atoms with Crippen molar-refractivity contribution in [2.24, 2.45) is 11.5 Å². The first-order chi connectivity index (χ1) is 12.7. The highest BCUT2D eigenvalue weighted by Crippen LogP contribution is 2.24. The summed E-state index contributed by atoms with van der Waals surface area (Å²) in [6.45, 7) is 0.834. The molecule has 0 saturated carbocycles. The smallest absolute Gasteiger partial charge is 0.463 e. The van der Waals surface area contributed by atoms with E-state index in [0.717, 1.165) is 24.0 Å². The predicted octanol–water partition coefficient (Wildman–Crippen LogP) is 2.75. The lowest BCUT2D eigenvalue weighted by Crippen LogP contribution is -2.04.